The molecule has 4 nitrogen and oxygen atoms in total. The van der Waals surface area contributed by atoms with Crippen molar-refractivity contribution in [2.24, 2.45) is 0 Å². The minimum absolute atomic E-state index is 0.0720. The number of nitrogens with one attached hydrogen (secondary N) is 2. The molecule has 1 heterocycles. The molecule has 1 amide bonds. The maximum atomic E-state index is 12.1. The van der Waals surface area contributed by atoms with Crippen LogP contribution in [0.3, 0.4) is 0 Å². The van der Waals surface area contributed by atoms with Crippen molar-refractivity contribution in [2.45, 2.75) is 32.9 Å². The van der Waals surface area contributed by atoms with Gasteiger partial charge in [0.15, 0.2) is 0 Å². The van der Waals surface area contributed by atoms with Crippen LogP contribution in [0.25, 0.3) is 0 Å². The van der Waals surface area contributed by atoms with Gasteiger partial charge in [-0.1, -0.05) is 13.8 Å². The number of pyridine rings is 1. The smallest absolute Gasteiger partial charge is 0.370 e. The molecule has 0 atom stereocenters. The molecule has 0 radical (unpaired) electrons. The second-order valence-electron chi connectivity index (χ2n) is 4.65. The van der Waals surface area contributed by atoms with Crippen LogP contribution in [0.4, 0.5) is 19.0 Å². The third-order valence-electron chi connectivity index (χ3n) is 2.51. The van der Waals surface area contributed by atoms with Crippen molar-refractivity contribution in [3.8, 4) is 0 Å². The first-order valence-corrected chi connectivity index (χ1v) is 6.33. The van der Waals surface area contributed by atoms with Crippen LogP contribution in [0.1, 0.15) is 42.7 Å². The van der Waals surface area contributed by atoms with Gasteiger partial charge in [-0.15, -0.1) is 0 Å². The zero-order chi connectivity index (χ0) is 15.3. The Balaban J connectivity index is 2.95. The lowest BCUT2D eigenvalue weighted by atomic mass is 10.1. The number of halogens is 3. The van der Waals surface area contributed by atoms with Gasteiger partial charge in [0.1, 0.15) is 12.4 Å². The van der Waals surface area contributed by atoms with Crippen LogP contribution >= 0.6 is 0 Å². The van der Waals surface area contributed by atoms with Gasteiger partial charge in [0.2, 0.25) is 0 Å². The number of alkyl halides is 3. The van der Waals surface area contributed by atoms with E-state index in [0.29, 0.717) is 18.1 Å². The average molecular weight is 289 g/mol. The highest BCUT2D eigenvalue weighted by Crippen LogP contribution is 2.18. The Morgan fingerprint density at radius 1 is 1.35 bits per heavy atom. The highest BCUT2D eigenvalue weighted by Gasteiger charge is 2.28. The van der Waals surface area contributed by atoms with Crippen molar-refractivity contribution in [3.63, 3.8) is 0 Å². The third kappa shape index (κ3) is 5.07. The molecule has 7 heteroatoms. The van der Waals surface area contributed by atoms with Crippen molar-refractivity contribution in [2.75, 3.05) is 18.4 Å². The SMILES string of the molecule is CCNc1cc(C(=O)NCC(F)(F)F)cc(C(C)C)n1. The summed E-state index contributed by atoms with van der Waals surface area (Å²) in [5.74, 6) is -0.204. The normalized spacial score (nSPS) is 11.6. The summed E-state index contributed by atoms with van der Waals surface area (Å²) in [5.41, 5.74) is 0.824. The number of hydrogen-bond donors (Lipinski definition) is 2. The molecule has 112 valence electrons. The molecule has 0 bridgehead atoms. The van der Waals surface area contributed by atoms with Gasteiger partial charge in [-0.3, -0.25) is 4.79 Å². The molecule has 1 aromatic rings. The Morgan fingerprint density at radius 2 is 2.00 bits per heavy atom. The predicted molar refractivity (Wildman–Crippen MR) is 70.9 cm³/mol. The monoisotopic (exact) mass is 289 g/mol. The number of amides is 1. The maximum Gasteiger partial charge on any atom is 0.405 e. The fourth-order valence-corrected chi connectivity index (χ4v) is 1.53. The predicted octanol–water partition coefficient (Wildman–Crippen LogP) is 2.93. The lowest BCUT2D eigenvalue weighted by Crippen LogP contribution is -2.33. The molecule has 0 spiro atoms. The zero-order valence-electron chi connectivity index (χ0n) is 11.6. The van der Waals surface area contributed by atoms with Crippen LogP contribution in [0.15, 0.2) is 12.1 Å². The van der Waals surface area contributed by atoms with Gasteiger partial charge in [0.25, 0.3) is 5.91 Å². The average Bonchev–Trinajstić information content (AvgIpc) is 2.35. The van der Waals surface area contributed by atoms with Crippen molar-refractivity contribution >= 4 is 11.7 Å². The van der Waals surface area contributed by atoms with E-state index in [9.17, 15) is 18.0 Å². The topological polar surface area (TPSA) is 54.0 Å². The van der Waals surface area contributed by atoms with Gasteiger partial charge >= 0.3 is 6.18 Å². The number of aromatic nitrogens is 1. The molecule has 1 aromatic heterocycles. The first-order valence-electron chi connectivity index (χ1n) is 6.33. The van der Waals surface area contributed by atoms with Gasteiger partial charge in [-0.05, 0) is 25.0 Å². The zero-order valence-corrected chi connectivity index (χ0v) is 11.6. The van der Waals surface area contributed by atoms with E-state index in [0.717, 1.165) is 0 Å². The molecule has 0 aliphatic rings. The third-order valence-corrected chi connectivity index (χ3v) is 2.51. The molecule has 2 N–H and O–H groups in total. The van der Waals surface area contributed by atoms with E-state index < -0.39 is 18.6 Å². The van der Waals surface area contributed by atoms with Crippen molar-refractivity contribution in [3.05, 3.63) is 23.4 Å². The number of rotatable bonds is 5. The molecule has 0 saturated heterocycles. The molecule has 1 rings (SSSR count). The first kappa shape index (κ1) is 16.3. The van der Waals surface area contributed by atoms with E-state index in [4.69, 9.17) is 0 Å². The molecule has 0 fully saturated rings. The molecule has 0 aliphatic heterocycles. The van der Waals surface area contributed by atoms with Crippen LogP contribution in [-0.2, 0) is 0 Å². The van der Waals surface area contributed by atoms with E-state index >= 15 is 0 Å². The molecule has 0 aliphatic carbocycles. The molecule has 0 aromatic carbocycles. The fraction of sp³-hybridized carbons (Fsp3) is 0.538. The van der Waals surface area contributed by atoms with Crippen molar-refractivity contribution in [1.82, 2.24) is 10.3 Å². The lowest BCUT2D eigenvalue weighted by molar-refractivity contribution is -0.123. The summed E-state index contributed by atoms with van der Waals surface area (Å²) in [5, 5.41) is 4.81. The largest absolute Gasteiger partial charge is 0.405 e. The second-order valence-corrected chi connectivity index (χ2v) is 4.65. The molecule has 20 heavy (non-hydrogen) atoms. The van der Waals surface area contributed by atoms with E-state index in [1.165, 1.54) is 12.1 Å². The quantitative estimate of drug-likeness (QED) is 0.876. The number of nitrogens with zero attached hydrogens (tertiary/aromatic N) is 1. The van der Waals surface area contributed by atoms with Crippen LogP contribution in [0.2, 0.25) is 0 Å². The Hall–Kier alpha value is -1.79. The maximum absolute atomic E-state index is 12.1. The Labute approximate surface area is 115 Å². The van der Waals surface area contributed by atoms with Crippen LogP contribution in [0.5, 0.6) is 0 Å². The fourth-order valence-electron chi connectivity index (χ4n) is 1.53. The summed E-state index contributed by atoms with van der Waals surface area (Å²) in [6.45, 7) is 4.93. The molecule has 0 unspecified atom stereocenters. The van der Waals surface area contributed by atoms with Gasteiger partial charge in [0, 0.05) is 17.8 Å². The van der Waals surface area contributed by atoms with Crippen LogP contribution < -0.4 is 10.6 Å². The summed E-state index contributed by atoms with van der Waals surface area (Å²) in [7, 11) is 0. The molecular weight excluding hydrogens is 271 g/mol. The van der Waals surface area contributed by atoms with Gasteiger partial charge < -0.3 is 10.6 Å². The Kier molecular flexibility index (Phi) is 5.35. The van der Waals surface area contributed by atoms with E-state index in [-0.39, 0.29) is 11.5 Å². The van der Waals surface area contributed by atoms with Crippen molar-refractivity contribution < 1.29 is 18.0 Å². The standard InChI is InChI=1S/C13H18F3N3O/c1-4-17-11-6-9(5-10(19-11)8(2)3)12(20)18-7-13(14,15)16/h5-6,8H,4,7H2,1-3H3,(H,17,19)(H,18,20). The Morgan fingerprint density at radius 3 is 2.50 bits per heavy atom. The minimum atomic E-state index is -4.42. The van der Waals surface area contributed by atoms with Gasteiger partial charge in [0.05, 0.1) is 0 Å². The summed E-state index contributed by atoms with van der Waals surface area (Å²) in [6, 6.07) is 2.96. The highest BCUT2D eigenvalue weighted by atomic mass is 19.4. The number of hydrogen-bond acceptors (Lipinski definition) is 3. The lowest BCUT2D eigenvalue weighted by Gasteiger charge is -2.13. The summed E-state index contributed by atoms with van der Waals surface area (Å²) in [4.78, 5) is 16.1. The first-order chi connectivity index (χ1) is 9.23. The molecular formula is C13H18F3N3O. The summed E-state index contributed by atoms with van der Waals surface area (Å²) in [6.07, 6.45) is -4.42. The van der Waals surface area contributed by atoms with Crippen LogP contribution in [0, 0.1) is 0 Å². The second kappa shape index (κ2) is 6.58. The number of carbonyl (C=O) groups excluding carboxylic acids is 1. The Bertz CT molecular complexity index is 472. The number of carbonyl (C=O) groups is 1. The number of anilines is 1. The van der Waals surface area contributed by atoms with Crippen LogP contribution in [-0.4, -0.2) is 30.2 Å². The van der Waals surface area contributed by atoms with Crippen molar-refractivity contribution in [1.29, 1.82) is 0 Å². The highest BCUT2D eigenvalue weighted by molar-refractivity contribution is 5.95. The summed E-state index contributed by atoms with van der Waals surface area (Å²) < 4.78 is 36.3. The molecule has 0 saturated carbocycles. The van der Waals surface area contributed by atoms with Gasteiger partial charge in [-0.2, -0.15) is 13.2 Å². The van der Waals surface area contributed by atoms with E-state index in [2.05, 4.69) is 10.3 Å². The summed E-state index contributed by atoms with van der Waals surface area (Å²) >= 11 is 0. The minimum Gasteiger partial charge on any atom is -0.370 e. The van der Waals surface area contributed by atoms with E-state index in [1.807, 2.05) is 26.1 Å². The van der Waals surface area contributed by atoms with Gasteiger partial charge in [-0.25, -0.2) is 4.98 Å². The van der Waals surface area contributed by atoms with E-state index in [1.54, 1.807) is 0 Å².